The largest absolute Gasteiger partial charge is 0.366 e. The number of aromatic nitrogens is 5. The van der Waals surface area contributed by atoms with Gasteiger partial charge in [0.05, 0.1) is 17.3 Å². The molecular weight excluding hydrogens is 519 g/mol. The molecule has 10 nitrogen and oxygen atoms in total. The summed E-state index contributed by atoms with van der Waals surface area (Å²) in [6.07, 6.45) is 7.77. The number of amides is 2. The lowest BCUT2D eigenvalue weighted by atomic mass is 10.0. The van der Waals surface area contributed by atoms with Gasteiger partial charge in [-0.05, 0) is 61.9 Å². The van der Waals surface area contributed by atoms with E-state index >= 15 is 4.39 Å². The highest BCUT2D eigenvalue weighted by Gasteiger charge is 2.32. The van der Waals surface area contributed by atoms with E-state index in [0.29, 0.717) is 29.2 Å². The number of halogens is 1. The van der Waals surface area contributed by atoms with Crippen molar-refractivity contribution in [3.8, 4) is 5.69 Å². The van der Waals surface area contributed by atoms with Crippen molar-refractivity contribution in [3.05, 3.63) is 77.2 Å². The van der Waals surface area contributed by atoms with Gasteiger partial charge in [-0.25, -0.2) is 14.4 Å². The first-order valence-electron chi connectivity index (χ1n) is 12.4. The molecule has 1 aromatic carbocycles. The lowest BCUT2D eigenvalue weighted by molar-refractivity contribution is -0.113. The summed E-state index contributed by atoms with van der Waals surface area (Å²) < 4.78 is 17.9. The van der Waals surface area contributed by atoms with Gasteiger partial charge in [0.1, 0.15) is 17.2 Å². The summed E-state index contributed by atoms with van der Waals surface area (Å²) in [5, 5.41) is 12.2. The quantitative estimate of drug-likeness (QED) is 0.314. The van der Waals surface area contributed by atoms with Gasteiger partial charge in [0, 0.05) is 46.0 Å². The van der Waals surface area contributed by atoms with Crippen LogP contribution in [0.1, 0.15) is 28.1 Å². The Kier molecular flexibility index (Phi) is 6.55. The summed E-state index contributed by atoms with van der Waals surface area (Å²) >= 11 is 1.45. The van der Waals surface area contributed by atoms with Crippen LogP contribution in [0.5, 0.6) is 0 Å². The maximum absolute atomic E-state index is 15.6. The smallest absolute Gasteiger partial charge is 0.262 e. The van der Waals surface area contributed by atoms with Crippen LogP contribution in [0.25, 0.3) is 33.0 Å². The molecule has 1 aliphatic heterocycles. The number of nitrogens with two attached hydrogens (primary N) is 1. The maximum atomic E-state index is 15.6. The fourth-order valence-electron chi connectivity index (χ4n) is 4.77. The van der Waals surface area contributed by atoms with Gasteiger partial charge in [0.15, 0.2) is 5.65 Å². The van der Waals surface area contributed by atoms with Gasteiger partial charge < -0.3 is 11.1 Å². The van der Waals surface area contributed by atoms with Gasteiger partial charge in [-0.1, -0.05) is 5.21 Å². The van der Waals surface area contributed by atoms with E-state index in [1.54, 1.807) is 41.6 Å². The molecular formula is C27H23FN8O2S. The third-order valence-electron chi connectivity index (χ3n) is 6.57. The van der Waals surface area contributed by atoms with E-state index in [1.807, 2.05) is 12.1 Å². The van der Waals surface area contributed by atoms with E-state index in [9.17, 15) is 9.59 Å². The third-order valence-corrected chi connectivity index (χ3v) is 7.64. The minimum Gasteiger partial charge on any atom is -0.366 e. The van der Waals surface area contributed by atoms with Crippen LogP contribution in [0.3, 0.4) is 0 Å². The van der Waals surface area contributed by atoms with Crippen molar-refractivity contribution in [2.75, 3.05) is 18.0 Å². The number of nitrogens with zero attached hydrogens (tertiary/aromatic N) is 6. The molecule has 0 unspecified atom stereocenters. The van der Waals surface area contributed by atoms with Crippen molar-refractivity contribution >= 4 is 56.3 Å². The fourth-order valence-corrected chi connectivity index (χ4v) is 5.73. The molecule has 6 rings (SSSR count). The van der Waals surface area contributed by atoms with Gasteiger partial charge in [-0.15, -0.1) is 16.4 Å². The third kappa shape index (κ3) is 4.75. The highest BCUT2D eigenvalue weighted by molar-refractivity contribution is 7.20. The van der Waals surface area contributed by atoms with E-state index in [2.05, 4.69) is 25.6 Å². The topological polar surface area (TPSA) is 132 Å². The summed E-state index contributed by atoms with van der Waals surface area (Å²) in [7, 11) is 0. The number of hydrogen-bond acceptors (Lipinski definition) is 8. The van der Waals surface area contributed by atoms with E-state index in [0.717, 1.165) is 34.3 Å². The zero-order valence-electron chi connectivity index (χ0n) is 20.6. The van der Waals surface area contributed by atoms with Crippen molar-refractivity contribution < 1.29 is 14.0 Å². The average molecular weight is 543 g/mol. The Bertz CT molecular complexity index is 1740. The van der Waals surface area contributed by atoms with Gasteiger partial charge in [0.25, 0.3) is 5.91 Å². The van der Waals surface area contributed by atoms with Crippen molar-refractivity contribution in [1.82, 2.24) is 30.3 Å². The number of piperidine rings is 1. The second-order valence-corrected chi connectivity index (χ2v) is 10.2. The Morgan fingerprint density at radius 3 is 2.87 bits per heavy atom. The number of rotatable bonds is 6. The first kappa shape index (κ1) is 24.8. The molecule has 0 radical (unpaired) electrons. The molecule has 2 amide bonds. The van der Waals surface area contributed by atoms with Crippen LogP contribution in [-0.2, 0) is 4.79 Å². The van der Waals surface area contributed by atoms with Gasteiger partial charge in [-0.3, -0.25) is 14.5 Å². The zero-order valence-corrected chi connectivity index (χ0v) is 21.4. The van der Waals surface area contributed by atoms with E-state index in [4.69, 9.17) is 5.73 Å². The first-order valence-corrected chi connectivity index (χ1v) is 13.2. The number of nitrogens with one attached hydrogen (secondary N) is 1. The van der Waals surface area contributed by atoms with Crippen LogP contribution in [0, 0.1) is 5.82 Å². The number of pyridine rings is 2. The predicted octanol–water partition coefficient (Wildman–Crippen LogP) is 3.46. The molecule has 1 fully saturated rings. The number of fused-ring (bicyclic) bond motifs is 2. The predicted molar refractivity (Wildman–Crippen MR) is 147 cm³/mol. The maximum Gasteiger partial charge on any atom is 0.262 e. The minimum absolute atomic E-state index is 0.0791. The second kappa shape index (κ2) is 10.3. The van der Waals surface area contributed by atoms with Crippen LogP contribution in [0.4, 0.5) is 10.2 Å². The van der Waals surface area contributed by atoms with E-state index < -0.39 is 17.6 Å². The van der Waals surface area contributed by atoms with Crippen LogP contribution in [0.15, 0.2) is 60.9 Å². The number of thiophene rings is 1. The number of carbonyl (C=O) groups is 2. The molecule has 0 spiro atoms. The van der Waals surface area contributed by atoms with Gasteiger partial charge >= 0.3 is 0 Å². The molecule has 4 aromatic heterocycles. The summed E-state index contributed by atoms with van der Waals surface area (Å²) in [6, 6.07) is 11.3. The zero-order chi connectivity index (χ0) is 26.9. The minimum atomic E-state index is -0.687. The monoisotopic (exact) mass is 542 g/mol. The van der Waals surface area contributed by atoms with Crippen molar-refractivity contribution in [3.63, 3.8) is 0 Å². The molecule has 1 atom stereocenters. The van der Waals surface area contributed by atoms with Crippen LogP contribution in [-0.4, -0.2) is 55.9 Å². The molecule has 0 aliphatic carbocycles. The number of anilines is 1. The second-order valence-electron chi connectivity index (χ2n) is 9.12. The Morgan fingerprint density at radius 2 is 2.08 bits per heavy atom. The van der Waals surface area contributed by atoms with Crippen molar-refractivity contribution in [2.24, 2.45) is 5.73 Å². The number of benzene rings is 1. The highest BCUT2D eigenvalue weighted by Crippen LogP contribution is 2.35. The fraction of sp³-hybridized carbons (Fsp3) is 0.185. The molecule has 1 saturated heterocycles. The molecule has 1 aliphatic rings. The molecule has 12 heteroatoms. The number of carbonyl (C=O) groups excluding carboxylic acids is 2. The molecule has 196 valence electrons. The summed E-state index contributed by atoms with van der Waals surface area (Å²) in [5.41, 5.74) is 6.64. The van der Waals surface area contributed by atoms with Gasteiger partial charge in [-0.2, -0.15) is 4.68 Å². The van der Waals surface area contributed by atoms with Crippen molar-refractivity contribution in [1.29, 1.82) is 0 Å². The first-order chi connectivity index (χ1) is 19.0. The summed E-state index contributed by atoms with van der Waals surface area (Å²) in [4.78, 5) is 36.5. The lowest BCUT2D eigenvalue weighted by Gasteiger charge is -2.34. The number of primary amides is 1. The SMILES string of the molecule is NC(=O)/C=C/c1cc2c(N(C(=O)c3ccc(-n4nnc5cccnc54)cc3F)[C@@H]3CCCNC3)nccc2s1. The van der Waals surface area contributed by atoms with Crippen LogP contribution >= 0.6 is 11.3 Å². The molecule has 3 N–H and O–H groups in total. The van der Waals surface area contributed by atoms with Crippen molar-refractivity contribution in [2.45, 2.75) is 18.9 Å². The Hall–Kier alpha value is -4.55. The standard InChI is InChI=1S/C27H23FN8O2S/c28-21-13-16(36-26-22(33-34-36)4-2-11-31-26)5-7-19(21)27(38)35(17-3-1-10-30-15-17)25-20-14-18(6-8-24(29)37)39-23(20)9-12-32-25/h2,4-9,11-14,17,30H,1,3,10,15H2,(H2,29,37)/b8-6+/t17-/m1/s1. The molecule has 0 saturated carbocycles. The molecule has 39 heavy (non-hydrogen) atoms. The van der Waals surface area contributed by atoms with E-state index in [1.165, 1.54) is 34.2 Å². The Labute approximate surface area is 226 Å². The Morgan fingerprint density at radius 1 is 1.18 bits per heavy atom. The van der Waals surface area contributed by atoms with Crippen LogP contribution < -0.4 is 16.0 Å². The average Bonchev–Trinajstić information content (AvgIpc) is 3.57. The van der Waals surface area contributed by atoms with Gasteiger partial charge in [0.2, 0.25) is 5.91 Å². The van der Waals surface area contributed by atoms with Crippen LogP contribution in [0.2, 0.25) is 0 Å². The summed E-state index contributed by atoms with van der Waals surface area (Å²) in [5.74, 6) is -1.29. The lowest BCUT2D eigenvalue weighted by Crippen LogP contribution is -2.49. The summed E-state index contributed by atoms with van der Waals surface area (Å²) in [6.45, 7) is 1.40. The highest BCUT2D eigenvalue weighted by atomic mass is 32.1. The molecule has 0 bridgehead atoms. The normalized spacial score (nSPS) is 15.8. The molecule has 5 heterocycles. The molecule has 5 aromatic rings. The number of hydrogen-bond donors (Lipinski definition) is 2. The Balaban J connectivity index is 1.41. The van der Waals surface area contributed by atoms with E-state index in [-0.39, 0.29) is 11.6 Å².